The first-order chi connectivity index (χ1) is 9.48. The van der Waals surface area contributed by atoms with Crippen LogP contribution in [0.15, 0.2) is 4.52 Å². The Morgan fingerprint density at radius 1 is 1.15 bits per heavy atom. The predicted molar refractivity (Wildman–Crippen MR) is 78.1 cm³/mol. The second-order valence-corrected chi connectivity index (χ2v) is 7.37. The highest BCUT2D eigenvalue weighted by atomic mass is 16.5. The first-order valence-corrected chi connectivity index (χ1v) is 8.11. The number of hydrogen-bond acceptors (Lipinski definition) is 4. The lowest BCUT2D eigenvalue weighted by Crippen LogP contribution is -2.35. The van der Waals surface area contributed by atoms with Gasteiger partial charge in [-0.1, -0.05) is 19.0 Å². The van der Waals surface area contributed by atoms with Crippen LogP contribution in [0.3, 0.4) is 0 Å². The van der Waals surface area contributed by atoms with Gasteiger partial charge in [0.05, 0.1) is 5.54 Å². The molecule has 0 spiro atoms. The molecule has 0 saturated heterocycles. The largest absolute Gasteiger partial charge is 0.337 e. The molecule has 4 nitrogen and oxygen atoms in total. The molecule has 1 atom stereocenters. The molecule has 0 aliphatic heterocycles. The molecule has 0 radical (unpaired) electrons. The summed E-state index contributed by atoms with van der Waals surface area (Å²) in [5.74, 6) is 4.17. The highest BCUT2D eigenvalue weighted by molar-refractivity contribution is 5.09. The number of hydrogen-bond donors (Lipinski definition) is 1. The van der Waals surface area contributed by atoms with Gasteiger partial charge in [0.25, 0.3) is 0 Å². The Balaban J connectivity index is 1.66. The third-order valence-electron chi connectivity index (χ3n) is 5.41. The van der Waals surface area contributed by atoms with Crippen molar-refractivity contribution in [3.05, 3.63) is 11.7 Å². The minimum Gasteiger partial charge on any atom is -0.337 e. The third kappa shape index (κ3) is 2.62. The van der Waals surface area contributed by atoms with E-state index in [9.17, 15) is 0 Å². The molecule has 3 rings (SSSR count). The Hall–Kier alpha value is -0.900. The van der Waals surface area contributed by atoms with Crippen LogP contribution in [0.5, 0.6) is 0 Å². The Bertz CT molecular complexity index is 454. The van der Waals surface area contributed by atoms with Crippen LogP contribution in [0.2, 0.25) is 0 Å². The van der Waals surface area contributed by atoms with Crippen LogP contribution in [0.1, 0.15) is 76.9 Å². The molecule has 2 fully saturated rings. The Morgan fingerprint density at radius 2 is 1.80 bits per heavy atom. The smallest absolute Gasteiger partial charge is 0.246 e. The zero-order valence-electron chi connectivity index (χ0n) is 12.9. The molecular weight excluding hydrogens is 250 g/mol. The topological polar surface area (TPSA) is 64.9 Å². The maximum atomic E-state index is 6.35. The van der Waals surface area contributed by atoms with Crippen LogP contribution in [0.4, 0.5) is 0 Å². The summed E-state index contributed by atoms with van der Waals surface area (Å²) in [6, 6.07) is 0. The Morgan fingerprint density at radius 3 is 2.35 bits per heavy atom. The summed E-state index contributed by atoms with van der Waals surface area (Å²) in [6.45, 7) is 6.68. The maximum Gasteiger partial charge on any atom is 0.246 e. The van der Waals surface area contributed by atoms with Crippen molar-refractivity contribution in [1.29, 1.82) is 0 Å². The van der Waals surface area contributed by atoms with Gasteiger partial charge < -0.3 is 10.3 Å². The van der Waals surface area contributed by atoms with E-state index in [-0.39, 0.29) is 0 Å². The molecule has 2 N–H and O–H groups in total. The monoisotopic (exact) mass is 277 g/mol. The molecule has 1 unspecified atom stereocenters. The minimum atomic E-state index is -0.430. The maximum absolute atomic E-state index is 6.35. The minimum absolute atomic E-state index is 0.430. The van der Waals surface area contributed by atoms with Crippen LogP contribution in [-0.2, 0) is 5.54 Å². The van der Waals surface area contributed by atoms with Gasteiger partial charge in [-0.15, -0.1) is 0 Å². The van der Waals surface area contributed by atoms with E-state index >= 15 is 0 Å². The van der Waals surface area contributed by atoms with E-state index in [0.29, 0.717) is 17.7 Å². The standard InChI is InChI=1S/C16H27N3O/c1-10(2)11-4-6-12(7-5-11)14-18-15(20-19-14)16(3,17)13-8-9-13/h10-13H,4-9,17H2,1-3H3. The van der Waals surface area contributed by atoms with E-state index in [1.807, 2.05) is 6.92 Å². The van der Waals surface area contributed by atoms with Crippen molar-refractivity contribution in [2.75, 3.05) is 0 Å². The number of nitrogens with two attached hydrogens (primary N) is 1. The lowest BCUT2D eigenvalue weighted by molar-refractivity contribution is 0.248. The molecule has 20 heavy (non-hydrogen) atoms. The van der Waals surface area contributed by atoms with Crippen molar-refractivity contribution in [1.82, 2.24) is 10.1 Å². The van der Waals surface area contributed by atoms with Gasteiger partial charge in [-0.05, 0) is 63.2 Å². The molecule has 2 aliphatic carbocycles. The summed E-state index contributed by atoms with van der Waals surface area (Å²) < 4.78 is 5.47. The summed E-state index contributed by atoms with van der Waals surface area (Å²) >= 11 is 0. The van der Waals surface area contributed by atoms with E-state index in [0.717, 1.165) is 17.7 Å². The van der Waals surface area contributed by atoms with Crippen molar-refractivity contribution >= 4 is 0 Å². The molecule has 1 aromatic heterocycles. The average molecular weight is 277 g/mol. The SMILES string of the molecule is CC(C)C1CCC(c2noc(C(C)(N)C3CC3)n2)CC1. The van der Waals surface area contributed by atoms with Gasteiger partial charge in [-0.3, -0.25) is 0 Å². The number of rotatable bonds is 4. The summed E-state index contributed by atoms with van der Waals surface area (Å²) in [6.07, 6.45) is 7.32. The van der Waals surface area contributed by atoms with Gasteiger partial charge in [0, 0.05) is 5.92 Å². The third-order valence-corrected chi connectivity index (χ3v) is 5.41. The van der Waals surface area contributed by atoms with Crippen molar-refractivity contribution in [2.45, 2.75) is 70.8 Å². The molecule has 0 bridgehead atoms. The molecule has 0 amide bonds. The lowest BCUT2D eigenvalue weighted by Gasteiger charge is -2.29. The zero-order valence-corrected chi connectivity index (χ0v) is 12.9. The van der Waals surface area contributed by atoms with E-state index < -0.39 is 5.54 Å². The van der Waals surface area contributed by atoms with E-state index in [2.05, 4.69) is 24.0 Å². The van der Waals surface area contributed by atoms with Gasteiger partial charge in [0.15, 0.2) is 5.82 Å². The fourth-order valence-corrected chi connectivity index (χ4v) is 3.52. The summed E-state index contributed by atoms with van der Waals surface area (Å²) in [5, 5.41) is 4.22. The highest BCUT2D eigenvalue weighted by Crippen LogP contribution is 2.44. The molecule has 4 heteroatoms. The zero-order chi connectivity index (χ0) is 14.3. The Kier molecular flexibility index (Phi) is 3.61. The van der Waals surface area contributed by atoms with Crippen LogP contribution in [0, 0.1) is 17.8 Å². The van der Waals surface area contributed by atoms with E-state index in [1.165, 1.54) is 38.5 Å². The highest BCUT2D eigenvalue weighted by Gasteiger charge is 2.44. The second-order valence-electron chi connectivity index (χ2n) is 7.37. The van der Waals surface area contributed by atoms with Crippen molar-refractivity contribution in [2.24, 2.45) is 23.5 Å². The predicted octanol–water partition coefficient (Wildman–Crippen LogP) is 3.58. The summed E-state index contributed by atoms with van der Waals surface area (Å²) in [4.78, 5) is 4.63. The van der Waals surface area contributed by atoms with Crippen molar-refractivity contribution < 1.29 is 4.52 Å². The van der Waals surface area contributed by atoms with Crippen LogP contribution in [0.25, 0.3) is 0 Å². The van der Waals surface area contributed by atoms with Crippen molar-refractivity contribution in [3.8, 4) is 0 Å². The van der Waals surface area contributed by atoms with Crippen LogP contribution < -0.4 is 5.73 Å². The first-order valence-electron chi connectivity index (χ1n) is 8.11. The fourth-order valence-electron chi connectivity index (χ4n) is 3.52. The number of nitrogens with zero attached hydrogens (tertiary/aromatic N) is 2. The van der Waals surface area contributed by atoms with E-state index in [1.54, 1.807) is 0 Å². The summed E-state index contributed by atoms with van der Waals surface area (Å²) in [5.41, 5.74) is 5.92. The molecule has 0 aromatic carbocycles. The second kappa shape index (κ2) is 5.14. The van der Waals surface area contributed by atoms with Crippen LogP contribution in [-0.4, -0.2) is 10.1 Å². The molecule has 1 aromatic rings. The quantitative estimate of drug-likeness (QED) is 0.913. The normalized spacial score (nSPS) is 30.4. The molecule has 2 saturated carbocycles. The number of aromatic nitrogens is 2. The van der Waals surface area contributed by atoms with Gasteiger partial charge in [-0.2, -0.15) is 4.98 Å². The molecule has 1 heterocycles. The molecular formula is C16H27N3O. The summed E-state index contributed by atoms with van der Waals surface area (Å²) in [7, 11) is 0. The molecule has 112 valence electrons. The van der Waals surface area contributed by atoms with Gasteiger partial charge in [0.2, 0.25) is 5.89 Å². The molecule has 2 aliphatic rings. The fraction of sp³-hybridized carbons (Fsp3) is 0.875. The van der Waals surface area contributed by atoms with Crippen molar-refractivity contribution in [3.63, 3.8) is 0 Å². The lowest BCUT2D eigenvalue weighted by atomic mass is 9.77. The Labute approximate surface area is 121 Å². The van der Waals surface area contributed by atoms with Crippen LogP contribution >= 0.6 is 0 Å². The van der Waals surface area contributed by atoms with Gasteiger partial charge in [-0.25, -0.2) is 0 Å². The first kappa shape index (κ1) is 14.1. The average Bonchev–Trinajstić information content (AvgIpc) is 3.17. The van der Waals surface area contributed by atoms with E-state index in [4.69, 9.17) is 10.3 Å². The van der Waals surface area contributed by atoms with Gasteiger partial charge >= 0.3 is 0 Å². The van der Waals surface area contributed by atoms with Gasteiger partial charge in [0.1, 0.15) is 0 Å².